The van der Waals surface area contributed by atoms with Crippen LogP contribution in [0.25, 0.3) is 0 Å². The summed E-state index contributed by atoms with van der Waals surface area (Å²) >= 11 is 3.24. The molecule has 1 saturated carbocycles. The summed E-state index contributed by atoms with van der Waals surface area (Å²) in [6.45, 7) is 0.811. The Morgan fingerprint density at radius 3 is 2.46 bits per heavy atom. The highest BCUT2D eigenvalue weighted by atomic mass is 79.9. The van der Waals surface area contributed by atoms with Gasteiger partial charge >= 0.3 is 0 Å². The second-order valence-electron chi connectivity index (χ2n) is 7.26. The largest absolute Gasteiger partial charge is 0.355 e. The van der Waals surface area contributed by atoms with Crippen LogP contribution in [0.3, 0.4) is 0 Å². The predicted molar refractivity (Wildman–Crippen MR) is 111 cm³/mol. The molecule has 0 heterocycles. The predicted octanol–water partition coefficient (Wildman–Crippen LogP) is 4.34. The van der Waals surface area contributed by atoms with Gasteiger partial charge in [0.25, 0.3) is 5.91 Å². The van der Waals surface area contributed by atoms with Crippen LogP contribution >= 0.6 is 15.9 Å². The zero-order valence-electron chi connectivity index (χ0n) is 15.6. The molecule has 0 aromatic heterocycles. The summed E-state index contributed by atoms with van der Waals surface area (Å²) in [4.78, 5) is 24.4. The number of carbonyl (C=O) groups excluding carboxylic acids is 2. The highest BCUT2D eigenvalue weighted by Gasteiger charge is 2.35. The van der Waals surface area contributed by atoms with E-state index in [1.165, 1.54) is 36.6 Å². The van der Waals surface area contributed by atoms with Crippen molar-refractivity contribution in [2.24, 2.45) is 0 Å². The molecule has 1 aliphatic rings. The van der Waals surface area contributed by atoms with Crippen LogP contribution in [0.1, 0.15) is 48.0 Å². The summed E-state index contributed by atoms with van der Waals surface area (Å²) in [7, 11) is 0. The van der Waals surface area contributed by atoms with Gasteiger partial charge in [-0.15, -0.1) is 0 Å². The van der Waals surface area contributed by atoms with Crippen molar-refractivity contribution in [3.63, 3.8) is 0 Å². The first-order chi connectivity index (χ1) is 13.5. The van der Waals surface area contributed by atoms with E-state index >= 15 is 0 Å². The second-order valence-corrected chi connectivity index (χ2v) is 8.11. The van der Waals surface area contributed by atoms with Gasteiger partial charge in [0, 0.05) is 29.4 Å². The lowest BCUT2D eigenvalue weighted by Crippen LogP contribution is -2.40. The molecular weight excluding hydrogens is 423 g/mol. The Morgan fingerprint density at radius 1 is 1.04 bits per heavy atom. The highest BCUT2D eigenvalue weighted by molar-refractivity contribution is 9.10. The van der Waals surface area contributed by atoms with E-state index in [1.807, 2.05) is 18.2 Å². The molecule has 4 nitrogen and oxygen atoms in total. The fourth-order valence-electron chi connectivity index (χ4n) is 3.82. The Balaban J connectivity index is 1.49. The number of hydrogen-bond donors (Lipinski definition) is 2. The quantitative estimate of drug-likeness (QED) is 0.664. The Kier molecular flexibility index (Phi) is 6.83. The number of halogens is 2. The second kappa shape index (κ2) is 9.32. The van der Waals surface area contributed by atoms with E-state index < -0.39 is 11.7 Å². The molecule has 0 unspecified atom stereocenters. The fourth-order valence-corrected chi connectivity index (χ4v) is 4.25. The standard InChI is InChI=1S/C22H24BrFN2O2/c23-19-9-8-17(24)14-18(19)21(28)25-13-10-20(27)26-15-22(11-4-5-12-22)16-6-2-1-3-7-16/h1-3,6-9,14H,4-5,10-13,15H2,(H,25,28)(H,26,27). The number of carbonyl (C=O) groups is 2. The van der Waals surface area contributed by atoms with Gasteiger partial charge in [-0.05, 0) is 52.5 Å². The van der Waals surface area contributed by atoms with Crippen molar-refractivity contribution in [2.45, 2.75) is 37.5 Å². The van der Waals surface area contributed by atoms with Crippen LogP contribution in [0, 0.1) is 5.82 Å². The molecule has 2 N–H and O–H groups in total. The summed E-state index contributed by atoms with van der Waals surface area (Å²) in [6, 6.07) is 14.3. The van der Waals surface area contributed by atoms with Crippen molar-refractivity contribution in [3.05, 3.63) is 69.9 Å². The molecule has 2 aromatic rings. The molecule has 0 atom stereocenters. The van der Waals surface area contributed by atoms with Crippen LogP contribution in [0.2, 0.25) is 0 Å². The van der Waals surface area contributed by atoms with Gasteiger partial charge in [0.15, 0.2) is 0 Å². The molecule has 28 heavy (non-hydrogen) atoms. The molecule has 0 spiro atoms. The molecule has 1 aliphatic carbocycles. The van der Waals surface area contributed by atoms with Gasteiger partial charge < -0.3 is 10.6 Å². The first kappa shape index (κ1) is 20.5. The van der Waals surface area contributed by atoms with Gasteiger partial charge in [0.05, 0.1) is 5.56 Å². The summed E-state index contributed by atoms with van der Waals surface area (Å²) in [5, 5.41) is 5.71. The van der Waals surface area contributed by atoms with Crippen molar-refractivity contribution in [1.29, 1.82) is 0 Å². The van der Waals surface area contributed by atoms with Gasteiger partial charge in [-0.3, -0.25) is 9.59 Å². The molecule has 0 bridgehead atoms. The maximum absolute atomic E-state index is 13.3. The Bertz CT molecular complexity index is 836. The third kappa shape index (κ3) is 4.98. The van der Waals surface area contributed by atoms with E-state index in [2.05, 4.69) is 38.7 Å². The van der Waals surface area contributed by atoms with E-state index in [0.717, 1.165) is 12.8 Å². The van der Waals surface area contributed by atoms with Gasteiger partial charge in [0.1, 0.15) is 5.82 Å². The van der Waals surface area contributed by atoms with Crippen molar-refractivity contribution in [2.75, 3.05) is 13.1 Å². The lowest BCUT2D eigenvalue weighted by molar-refractivity contribution is -0.121. The Morgan fingerprint density at radius 2 is 1.75 bits per heavy atom. The highest BCUT2D eigenvalue weighted by Crippen LogP contribution is 2.40. The van der Waals surface area contributed by atoms with Crippen LogP contribution < -0.4 is 10.6 Å². The molecule has 0 saturated heterocycles. The van der Waals surface area contributed by atoms with E-state index in [-0.39, 0.29) is 29.9 Å². The van der Waals surface area contributed by atoms with Crippen molar-refractivity contribution in [3.8, 4) is 0 Å². The third-order valence-electron chi connectivity index (χ3n) is 5.38. The summed E-state index contributed by atoms with van der Waals surface area (Å²) in [6.07, 6.45) is 4.67. The number of amides is 2. The van der Waals surface area contributed by atoms with E-state index in [1.54, 1.807) is 0 Å². The third-order valence-corrected chi connectivity index (χ3v) is 6.07. The average Bonchev–Trinajstić information content (AvgIpc) is 3.19. The minimum Gasteiger partial charge on any atom is -0.355 e. The van der Waals surface area contributed by atoms with E-state index in [0.29, 0.717) is 11.0 Å². The number of hydrogen-bond acceptors (Lipinski definition) is 2. The lowest BCUT2D eigenvalue weighted by atomic mass is 9.79. The molecule has 148 valence electrons. The zero-order chi connectivity index (χ0) is 20.0. The molecule has 2 aromatic carbocycles. The van der Waals surface area contributed by atoms with Crippen LogP contribution in [0.15, 0.2) is 53.0 Å². The maximum atomic E-state index is 13.3. The minimum atomic E-state index is -0.478. The summed E-state index contributed by atoms with van der Waals surface area (Å²) in [5.74, 6) is -0.981. The summed E-state index contributed by atoms with van der Waals surface area (Å²) < 4.78 is 13.8. The van der Waals surface area contributed by atoms with Gasteiger partial charge in [-0.1, -0.05) is 43.2 Å². The van der Waals surface area contributed by atoms with Crippen molar-refractivity contribution in [1.82, 2.24) is 10.6 Å². The average molecular weight is 447 g/mol. The first-order valence-corrected chi connectivity index (χ1v) is 10.3. The van der Waals surface area contributed by atoms with Gasteiger partial charge in [-0.2, -0.15) is 0 Å². The molecular formula is C22H24BrFN2O2. The Hall–Kier alpha value is -2.21. The molecule has 3 rings (SSSR count). The van der Waals surface area contributed by atoms with Crippen LogP contribution in [-0.2, 0) is 10.2 Å². The van der Waals surface area contributed by atoms with E-state index in [9.17, 15) is 14.0 Å². The minimum absolute atomic E-state index is 0.00655. The number of rotatable bonds is 7. The van der Waals surface area contributed by atoms with Crippen LogP contribution in [0.5, 0.6) is 0 Å². The normalized spacial score (nSPS) is 15.2. The maximum Gasteiger partial charge on any atom is 0.252 e. The van der Waals surface area contributed by atoms with Crippen LogP contribution in [-0.4, -0.2) is 24.9 Å². The molecule has 0 aliphatic heterocycles. The number of nitrogens with one attached hydrogen (secondary N) is 2. The first-order valence-electron chi connectivity index (χ1n) is 9.56. The SMILES string of the molecule is O=C(CCNC(=O)c1cc(F)ccc1Br)NCC1(c2ccccc2)CCCC1. The topological polar surface area (TPSA) is 58.2 Å². The summed E-state index contributed by atoms with van der Waals surface area (Å²) in [5.41, 5.74) is 1.50. The van der Waals surface area contributed by atoms with Crippen molar-refractivity contribution < 1.29 is 14.0 Å². The van der Waals surface area contributed by atoms with Gasteiger partial charge in [0.2, 0.25) is 5.91 Å². The molecule has 2 amide bonds. The number of benzene rings is 2. The Labute approximate surface area is 173 Å². The van der Waals surface area contributed by atoms with E-state index in [4.69, 9.17) is 0 Å². The van der Waals surface area contributed by atoms with Crippen LogP contribution in [0.4, 0.5) is 4.39 Å². The fraction of sp³-hybridized carbons (Fsp3) is 0.364. The molecule has 6 heteroatoms. The van der Waals surface area contributed by atoms with Gasteiger partial charge in [-0.25, -0.2) is 4.39 Å². The zero-order valence-corrected chi connectivity index (χ0v) is 17.2. The molecule has 0 radical (unpaired) electrons. The van der Waals surface area contributed by atoms with Crippen molar-refractivity contribution >= 4 is 27.7 Å². The smallest absolute Gasteiger partial charge is 0.252 e. The lowest BCUT2D eigenvalue weighted by Gasteiger charge is -2.30. The molecule has 1 fully saturated rings. The monoisotopic (exact) mass is 446 g/mol.